The molecule has 0 radical (unpaired) electrons. The van der Waals surface area contributed by atoms with Crippen molar-refractivity contribution in [3.8, 4) is 0 Å². The predicted molar refractivity (Wildman–Crippen MR) is 264 cm³/mol. The highest BCUT2D eigenvalue weighted by Crippen LogP contribution is 2.61. The van der Waals surface area contributed by atoms with Crippen LogP contribution in [0.2, 0.25) is 0 Å². The topological polar surface area (TPSA) is 0 Å². The van der Waals surface area contributed by atoms with E-state index in [-0.39, 0.29) is 24.8 Å². The Morgan fingerprint density at radius 2 is 0.321 bits per heavy atom. The molecule has 0 nitrogen and oxygen atoms in total. The molecule has 4 heteroatoms. The average Bonchev–Trinajstić information content (AvgIpc) is 3.19. The van der Waals surface area contributed by atoms with Crippen LogP contribution in [-0.2, 0) is 0 Å². The Morgan fingerprint density at radius 1 is 0.179 bits per heavy atom. The molecule has 0 fully saturated rings. The van der Waals surface area contributed by atoms with Gasteiger partial charge in [-0.2, -0.15) is 0 Å². The van der Waals surface area contributed by atoms with Gasteiger partial charge in [-0.05, 0) is 85.0 Å². The second-order valence-corrected chi connectivity index (χ2v) is 27.7. The molecule has 0 saturated heterocycles. The van der Waals surface area contributed by atoms with Crippen molar-refractivity contribution in [3.63, 3.8) is 0 Å². The zero-order valence-electron chi connectivity index (χ0n) is 40.8. The van der Waals surface area contributed by atoms with E-state index in [0.29, 0.717) is 0 Å². The Kier molecular flexibility index (Phi) is 60.2. The maximum Gasteiger partial charge on any atom is 0.0594 e. The number of hydrogen-bond acceptors (Lipinski definition) is 0. The molecule has 0 spiro atoms. The van der Waals surface area contributed by atoms with Crippen LogP contribution in [0.25, 0.3) is 0 Å². The number of halogens is 2. The van der Waals surface area contributed by atoms with Gasteiger partial charge in [0.2, 0.25) is 0 Å². The lowest BCUT2D eigenvalue weighted by molar-refractivity contribution is -0.001000. The fourth-order valence-corrected chi connectivity index (χ4v) is 17.1. The van der Waals surface area contributed by atoms with Gasteiger partial charge < -0.3 is 24.8 Å². The van der Waals surface area contributed by atoms with E-state index < -0.39 is 14.5 Å². The average molecular weight is 870 g/mol. The SMILES string of the molecule is CCCCCCCCCCCCCC[P+](CC)(CC)CC.CCCCCCCCCCCCCC[P+](CCCCCC)(CCCCCC)CCCCCC.[Cl-].[Cl-]. The van der Waals surface area contributed by atoms with Gasteiger partial charge in [-0.3, -0.25) is 0 Å². The first kappa shape index (κ1) is 64.1. The van der Waals surface area contributed by atoms with Crippen molar-refractivity contribution in [1.29, 1.82) is 0 Å². The predicted octanol–water partition coefficient (Wildman–Crippen LogP) is 14.2. The molecule has 0 aliphatic rings. The van der Waals surface area contributed by atoms with Crippen LogP contribution in [0.5, 0.6) is 0 Å². The summed E-state index contributed by atoms with van der Waals surface area (Å²) in [5.41, 5.74) is 0. The van der Waals surface area contributed by atoms with Gasteiger partial charge in [0.15, 0.2) is 0 Å². The first-order valence-electron chi connectivity index (χ1n) is 26.2. The highest BCUT2D eigenvalue weighted by atomic mass is 35.5. The van der Waals surface area contributed by atoms with E-state index >= 15 is 0 Å². The summed E-state index contributed by atoms with van der Waals surface area (Å²) in [6.07, 6.45) is 65.8. The molecule has 0 aromatic rings. The lowest BCUT2D eigenvalue weighted by atomic mass is 10.1. The zero-order valence-corrected chi connectivity index (χ0v) is 44.1. The second kappa shape index (κ2) is 52.6. The summed E-state index contributed by atoms with van der Waals surface area (Å²) in [7, 11) is -1.22. The van der Waals surface area contributed by atoms with E-state index in [0.717, 1.165) is 0 Å². The van der Waals surface area contributed by atoms with Crippen molar-refractivity contribution in [1.82, 2.24) is 0 Å². The standard InChI is InChI=1S/C32H68P.C20H44P.2ClH/c1-5-9-13-17-18-19-20-21-22-23-24-28-32-33(29-25-14-10-6-2,30-26-15-11-7-3)31-27-16-12-8-4;1-5-9-10-11-12-13-14-15-16-17-18-19-20-21(6-2,7-3)8-4;;/h5-32H2,1-4H3;5-20H2,1-4H3;2*1H/q2*+1;;/p-2. The van der Waals surface area contributed by atoms with Crippen LogP contribution in [0, 0.1) is 0 Å². The van der Waals surface area contributed by atoms with Gasteiger partial charge in [-0.1, -0.05) is 202 Å². The summed E-state index contributed by atoms with van der Waals surface area (Å²) in [5.74, 6) is 0. The Morgan fingerprint density at radius 3 is 0.500 bits per heavy atom. The molecule has 0 saturated carbocycles. The van der Waals surface area contributed by atoms with Gasteiger partial charge in [0, 0.05) is 14.5 Å². The van der Waals surface area contributed by atoms with Gasteiger partial charge in [0.05, 0.1) is 49.3 Å². The largest absolute Gasteiger partial charge is 1.00 e. The number of unbranched alkanes of at least 4 members (excludes halogenated alkanes) is 31. The maximum absolute atomic E-state index is 2.43. The van der Waals surface area contributed by atoms with Crippen LogP contribution in [0.3, 0.4) is 0 Å². The Balaban J connectivity index is -0.000000510. The molecule has 0 aliphatic carbocycles. The van der Waals surface area contributed by atoms with Crippen LogP contribution in [0.4, 0.5) is 0 Å². The number of rotatable bonds is 44. The fraction of sp³-hybridized carbons (Fsp3) is 1.00. The van der Waals surface area contributed by atoms with Gasteiger partial charge in [-0.15, -0.1) is 0 Å². The Labute approximate surface area is 373 Å². The maximum atomic E-state index is 2.43. The van der Waals surface area contributed by atoms with Crippen LogP contribution in [0.1, 0.15) is 287 Å². The van der Waals surface area contributed by atoms with Crippen molar-refractivity contribution in [2.45, 2.75) is 287 Å². The molecular weight excluding hydrogens is 757 g/mol. The van der Waals surface area contributed by atoms with Crippen molar-refractivity contribution in [2.24, 2.45) is 0 Å². The van der Waals surface area contributed by atoms with Gasteiger partial charge in [0.25, 0.3) is 0 Å². The molecule has 0 aliphatic heterocycles. The monoisotopic (exact) mass is 869 g/mol. The molecule has 0 heterocycles. The molecule has 344 valence electrons. The quantitative estimate of drug-likeness (QED) is 0.0423. The van der Waals surface area contributed by atoms with Crippen molar-refractivity contribution >= 4 is 14.5 Å². The minimum atomic E-state index is -0.697. The van der Waals surface area contributed by atoms with E-state index in [4.69, 9.17) is 0 Å². The highest BCUT2D eigenvalue weighted by Gasteiger charge is 2.35. The molecule has 0 amide bonds. The van der Waals surface area contributed by atoms with Gasteiger partial charge in [0.1, 0.15) is 0 Å². The Hall–Kier alpha value is 1.44. The fourth-order valence-electron chi connectivity index (χ4n) is 9.01. The molecule has 0 aromatic heterocycles. The summed E-state index contributed by atoms with van der Waals surface area (Å²) >= 11 is 0. The molecule has 0 atom stereocenters. The van der Waals surface area contributed by atoms with Crippen LogP contribution < -0.4 is 24.8 Å². The second-order valence-electron chi connectivity index (χ2n) is 18.2. The van der Waals surface area contributed by atoms with Crippen molar-refractivity contribution in [2.75, 3.05) is 49.3 Å². The molecule has 0 unspecified atom stereocenters. The Bertz CT molecular complexity index is 628. The number of hydrogen-bond donors (Lipinski definition) is 0. The van der Waals surface area contributed by atoms with E-state index in [2.05, 4.69) is 55.4 Å². The van der Waals surface area contributed by atoms with Gasteiger partial charge in [-0.25, -0.2) is 0 Å². The third kappa shape index (κ3) is 43.5. The van der Waals surface area contributed by atoms with Gasteiger partial charge >= 0.3 is 0 Å². The lowest BCUT2D eigenvalue weighted by Crippen LogP contribution is -3.00. The molecule has 0 rings (SSSR count). The smallest absolute Gasteiger partial charge is 0.0594 e. The summed E-state index contributed by atoms with van der Waals surface area (Å²) in [4.78, 5) is 0. The molecule has 56 heavy (non-hydrogen) atoms. The van der Waals surface area contributed by atoms with Crippen LogP contribution >= 0.6 is 14.5 Å². The molecule has 0 aromatic carbocycles. The van der Waals surface area contributed by atoms with Crippen LogP contribution in [-0.4, -0.2) is 49.3 Å². The van der Waals surface area contributed by atoms with Crippen molar-refractivity contribution in [3.05, 3.63) is 0 Å². The summed E-state index contributed by atoms with van der Waals surface area (Å²) in [6, 6.07) is 0. The summed E-state index contributed by atoms with van der Waals surface area (Å²) in [5, 5.41) is 0. The van der Waals surface area contributed by atoms with E-state index in [9.17, 15) is 0 Å². The zero-order chi connectivity index (χ0) is 40.1. The molecule has 0 bridgehead atoms. The molecule has 0 N–H and O–H groups in total. The van der Waals surface area contributed by atoms with Crippen LogP contribution in [0.15, 0.2) is 0 Å². The van der Waals surface area contributed by atoms with E-state index in [1.54, 1.807) is 56.5 Å². The highest BCUT2D eigenvalue weighted by molar-refractivity contribution is 7.76. The summed E-state index contributed by atoms with van der Waals surface area (Å²) < 4.78 is 0. The van der Waals surface area contributed by atoms with Crippen molar-refractivity contribution < 1.29 is 24.8 Å². The minimum absolute atomic E-state index is 0. The first-order chi connectivity index (χ1) is 26.5. The first-order valence-corrected chi connectivity index (χ1v) is 31.2. The summed E-state index contributed by atoms with van der Waals surface area (Å²) in [6.45, 7) is 19.0. The minimum Gasteiger partial charge on any atom is -1.00 e. The molecular formula is C52H112Cl2P2. The third-order valence-corrected chi connectivity index (χ3v) is 23.8. The third-order valence-electron chi connectivity index (χ3n) is 13.4. The normalized spacial score (nSPS) is 11.6. The van der Waals surface area contributed by atoms with E-state index in [1.165, 1.54) is 224 Å². The lowest BCUT2D eigenvalue weighted by Gasteiger charge is -2.28. The van der Waals surface area contributed by atoms with E-state index in [1.807, 2.05) is 0 Å².